The normalized spacial score (nSPS) is 14.8. The first-order valence-electron chi connectivity index (χ1n) is 8.46. The van der Waals surface area contributed by atoms with Gasteiger partial charge in [-0.05, 0) is 37.3 Å². The summed E-state index contributed by atoms with van der Waals surface area (Å²) in [6.07, 6.45) is 8.49. The average Bonchev–Trinajstić information content (AvgIpc) is 3.11. The molecule has 1 aliphatic rings. The second-order valence-electron chi connectivity index (χ2n) is 6.40. The summed E-state index contributed by atoms with van der Waals surface area (Å²) in [7, 11) is 1.71. The van der Waals surface area contributed by atoms with E-state index in [9.17, 15) is 4.79 Å². The number of nitrogen functional groups attached to an aromatic ring is 1. The topological polar surface area (TPSA) is 97.9 Å². The summed E-state index contributed by atoms with van der Waals surface area (Å²) in [6.45, 7) is 0. The van der Waals surface area contributed by atoms with E-state index in [1.165, 1.54) is 47.3 Å². The van der Waals surface area contributed by atoms with Crippen LogP contribution in [0.3, 0.4) is 0 Å². The molecule has 0 unspecified atom stereocenters. The number of fused-ring (bicyclic) bond motifs is 2. The second-order valence-corrected chi connectivity index (χ2v) is 7.40. The van der Waals surface area contributed by atoms with Crippen LogP contribution >= 0.6 is 11.3 Å². The Balaban J connectivity index is 1.70. The van der Waals surface area contributed by atoms with Gasteiger partial charge in [0, 0.05) is 11.1 Å². The molecule has 3 N–H and O–H groups in total. The van der Waals surface area contributed by atoms with E-state index in [0.717, 1.165) is 28.8 Å². The largest absolute Gasteiger partial charge is 0.397 e. The van der Waals surface area contributed by atoms with Crippen molar-refractivity contribution in [2.75, 3.05) is 11.1 Å². The molecule has 0 atom stereocenters. The van der Waals surface area contributed by atoms with Crippen molar-refractivity contribution in [2.24, 2.45) is 7.05 Å². The van der Waals surface area contributed by atoms with E-state index < -0.39 is 0 Å². The molecule has 0 saturated carbocycles. The molecule has 0 aliphatic heterocycles. The van der Waals surface area contributed by atoms with Crippen molar-refractivity contribution in [3.63, 3.8) is 0 Å². The Morgan fingerprint density at radius 2 is 2.12 bits per heavy atom. The fraction of sp³-hybridized carbons (Fsp3) is 0.412. The van der Waals surface area contributed by atoms with E-state index in [1.807, 2.05) is 0 Å². The van der Waals surface area contributed by atoms with Gasteiger partial charge in [0.25, 0.3) is 12.1 Å². The van der Waals surface area contributed by atoms with Crippen LogP contribution in [0.1, 0.15) is 46.6 Å². The minimum absolute atomic E-state index is 0.282. The number of carbonyl (C=O) groups excluding carboxylic acids is 1. The Kier molecular flexibility index (Phi) is 4.12. The van der Waals surface area contributed by atoms with Crippen molar-refractivity contribution in [3.05, 3.63) is 28.4 Å². The van der Waals surface area contributed by atoms with Gasteiger partial charge < -0.3 is 5.73 Å². The van der Waals surface area contributed by atoms with Crippen LogP contribution in [0, 0.1) is 0 Å². The van der Waals surface area contributed by atoms with Gasteiger partial charge in [-0.25, -0.2) is 4.98 Å². The lowest BCUT2D eigenvalue weighted by Crippen LogP contribution is -2.28. The number of nitrogens with one attached hydrogen (secondary N) is 1. The maximum atomic E-state index is 12.5. The highest BCUT2D eigenvalue weighted by Crippen LogP contribution is 2.35. The summed E-state index contributed by atoms with van der Waals surface area (Å²) >= 11 is 1.33. The van der Waals surface area contributed by atoms with Gasteiger partial charge >= 0.3 is 5.88 Å². The molecule has 8 heteroatoms. The first kappa shape index (κ1) is 16.0. The number of anilines is 2. The van der Waals surface area contributed by atoms with E-state index in [2.05, 4.69) is 16.7 Å². The average molecular weight is 358 g/mol. The standard InChI is InChI=1S/C17H19N5O2S/c1-22-9-13(24-21-22)20-16(23)15-14(18)11-8-10-6-4-2-3-5-7-12(10)19-17(11)25-15/h8-9H,2-7H2,1H3,(H2-,18,20,21,23)/p+1. The van der Waals surface area contributed by atoms with Crippen LogP contribution in [0.15, 0.2) is 16.8 Å². The van der Waals surface area contributed by atoms with Crippen LogP contribution in [-0.4, -0.2) is 16.2 Å². The molecule has 7 nitrogen and oxygen atoms in total. The first-order valence-corrected chi connectivity index (χ1v) is 9.28. The monoisotopic (exact) mass is 358 g/mol. The molecular formula is C17H20N5O2S+. The van der Waals surface area contributed by atoms with Gasteiger partial charge in [0.1, 0.15) is 9.71 Å². The number of rotatable bonds is 2. The smallest absolute Gasteiger partial charge is 0.302 e. The van der Waals surface area contributed by atoms with Gasteiger partial charge in [0.2, 0.25) is 0 Å². The van der Waals surface area contributed by atoms with Gasteiger partial charge in [0.15, 0.2) is 12.3 Å². The Bertz CT molecular complexity index is 946. The molecule has 1 aliphatic carbocycles. The minimum atomic E-state index is -0.301. The Labute approximate surface area is 148 Å². The van der Waals surface area contributed by atoms with Crippen molar-refractivity contribution in [3.8, 4) is 0 Å². The van der Waals surface area contributed by atoms with E-state index in [1.54, 1.807) is 13.2 Å². The SMILES string of the molecule is C[n+]1cc(NC(=O)c2sc3nc4c(cc3c2N)CCCCCC4)on1. The van der Waals surface area contributed by atoms with Crippen LogP contribution in [0.2, 0.25) is 0 Å². The van der Waals surface area contributed by atoms with Gasteiger partial charge in [-0.2, -0.15) is 0 Å². The Hall–Kier alpha value is -2.48. The number of nitrogens with zero attached hydrogens (tertiary/aromatic N) is 3. The minimum Gasteiger partial charge on any atom is -0.397 e. The van der Waals surface area contributed by atoms with Crippen LogP contribution in [-0.2, 0) is 19.9 Å². The summed E-state index contributed by atoms with van der Waals surface area (Å²) in [5, 5.41) is 7.24. The fourth-order valence-electron chi connectivity index (χ4n) is 3.23. The van der Waals surface area contributed by atoms with Crippen molar-refractivity contribution >= 4 is 39.0 Å². The van der Waals surface area contributed by atoms with Crippen molar-refractivity contribution in [2.45, 2.75) is 38.5 Å². The van der Waals surface area contributed by atoms with E-state index in [4.69, 9.17) is 15.2 Å². The molecule has 1 amide bonds. The molecule has 0 spiro atoms. The summed E-state index contributed by atoms with van der Waals surface area (Å²) in [5.74, 6) is -0.0192. The molecular weight excluding hydrogens is 338 g/mol. The van der Waals surface area contributed by atoms with Crippen LogP contribution < -0.4 is 15.7 Å². The molecule has 0 fully saturated rings. The molecule has 3 heterocycles. The third-order valence-electron chi connectivity index (χ3n) is 4.51. The molecule has 3 aromatic heterocycles. The Morgan fingerprint density at radius 1 is 1.32 bits per heavy atom. The maximum absolute atomic E-state index is 12.5. The fourth-order valence-corrected chi connectivity index (χ4v) is 4.22. The lowest BCUT2D eigenvalue weighted by molar-refractivity contribution is -0.739. The number of aryl methyl sites for hydroxylation is 3. The predicted molar refractivity (Wildman–Crippen MR) is 95.5 cm³/mol. The number of pyridine rings is 1. The molecule has 4 rings (SSSR count). The lowest BCUT2D eigenvalue weighted by Gasteiger charge is -2.12. The van der Waals surface area contributed by atoms with Crippen LogP contribution in [0.4, 0.5) is 11.6 Å². The third kappa shape index (κ3) is 3.09. The highest BCUT2D eigenvalue weighted by atomic mass is 32.1. The zero-order valence-electron chi connectivity index (χ0n) is 14.0. The molecule has 3 aromatic rings. The van der Waals surface area contributed by atoms with Crippen molar-refractivity contribution in [1.82, 2.24) is 10.3 Å². The predicted octanol–water partition coefficient (Wildman–Crippen LogP) is 2.60. The van der Waals surface area contributed by atoms with E-state index >= 15 is 0 Å². The third-order valence-corrected chi connectivity index (χ3v) is 5.63. The summed E-state index contributed by atoms with van der Waals surface area (Å²) in [6, 6.07) is 2.13. The molecule has 0 aromatic carbocycles. The quantitative estimate of drug-likeness (QED) is 0.686. The number of aromatic nitrogens is 3. The van der Waals surface area contributed by atoms with E-state index in [-0.39, 0.29) is 11.8 Å². The van der Waals surface area contributed by atoms with Crippen LogP contribution in [0.25, 0.3) is 10.2 Å². The maximum Gasteiger partial charge on any atom is 0.302 e. The molecule has 0 saturated heterocycles. The summed E-state index contributed by atoms with van der Waals surface area (Å²) < 4.78 is 6.49. The number of thiophene rings is 1. The van der Waals surface area contributed by atoms with Crippen molar-refractivity contribution in [1.29, 1.82) is 0 Å². The number of hydrogen-bond acceptors (Lipinski definition) is 6. The summed E-state index contributed by atoms with van der Waals surface area (Å²) in [4.78, 5) is 18.6. The van der Waals surface area contributed by atoms with Gasteiger partial charge in [-0.3, -0.25) is 14.6 Å². The number of hydrogen-bond donors (Lipinski definition) is 2. The molecule has 130 valence electrons. The van der Waals surface area contributed by atoms with Crippen LogP contribution in [0.5, 0.6) is 0 Å². The van der Waals surface area contributed by atoms with Gasteiger partial charge in [0.05, 0.1) is 5.69 Å². The molecule has 25 heavy (non-hydrogen) atoms. The van der Waals surface area contributed by atoms with Gasteiger partial charge in [-0.1, -0.05) is 17.5 Å². The number of nitrogens with two attached hydrogens (primary N) is 1. The molecule has 0 radical (unpaired) electrons. The zero-order chi connectivity index (χ0) is 17.4. The van der Waals surface area contributed by atoms with Crippen molar-refractivity contribution < 1.29 is 14.0 Å². The number of amides is 1. The number of carbonyl (C=O) groups is 1. The van der Waals surface area contributed by atoms with E-state index in [0.29, 0.717) is 10.6 Å². The second kappa shape index (κ2) is 6.44. The zero-order valence-corrected chi connectivity index (χ0v) is 14.9. The first-order chi connectivity index (χ1) is 12.1. The van der Waals surface area contributed by atoms with Gasteiger partial charge in [-0.15, -0.1) is 11.3 Å². The lowest BCUT2D eigenvalue weighted by atomic mass is 9.96. The highest BCUT2D eigenvalue weighted by Gasteiger charge is 2.21. The Morgan fingerprint density at radius 3 is 2.88 bits per heavy atom. The summed E-state index contributed by atoms with van der Waals surface area (Å²) in [5.41, 5.74) is 9.17. The molecule has 0 bridgehead atoms. The highest BCUT2D eigenvalue weighted by molar-refractivity contribution is 7.21.